The Morgan fingerprint density at radius 1 is 1.43 bits per heavy atom. The zero-order chi connectivity index (χ0) is 4.28. The third kappa shape index (κ3) is 22.8. The summed E-state index contributed by atoms with van der Waals surface area (Å²) in [5.41, 5.74) is 0. The Morgan fingerprint density at radius 3 is 1.57 bits per heavy atom. The molecule has 0 fully saturated rings. The van der Waals surface area contributed by atoms with Crippen LogP contribution in [0.1, 0.15) is 7.43 Å². The van der Waals surface area contributed by atoms with Crippen molar-refractivity contribution in [1.29, 1.82) is 0 Å². The van der Waals surface area contributed by atoms with E-state index in [0.29, 0.717) is 0 Å². The lowest BCUT2D eigenvalue weighted by atomic mass is 10.8. The fourth-order valence-corrected chi connectivity index (χ4v) is 0. The molecule has 0 spiro atoms. The molecular weight excluding hydrogens is 122 g/mol. The third-order valence-electron chi connectivity index (χ3n) is 0.138. The Morgan fingerprint density at radius 2 is 1.57 bits per heavy atom. The van der Waals surface area contributed by atoms with Crippen molar-refractivity contribution in [2.24, 2.45) is 0 Å². The fourth-order valence-electron chi connectivity index (χ4n) is 0. The van der Waals surface area contributed by atoms with Crippen molar-refractivity contribution in [1.82, 2.24) is 0 Å². The molecule has 4 heteroatoms. The molecule has 1 nitrogen and oxygen atoms in total. The maximum absolute atomic E-state index is 10.5. The minimum absolute atomic E-state index is 0. The topological polar surface area (TPSA) is 20.2 Å². The molecule has 0 aliphatic carbocycles. The smallest absolute Gasteiger partial charge is 0.261 e. The SMILES string of the molecule is C.OCC(F)F.S. The Balaban J connectivity index is -0.0000000800. The van der Waals surface area contributed by atoms with Crippen LogP contribution in [0.4, 0.5) is 8.78 Å². The quantitative estimate of drug-likeness (QED) is 0.564. The van der Waals surface area contributed by atoms with Gasteiger partial charge in [-0.2, -0.15) is 13.5 Å². The molecule has 0 amide bonds. The lowest BCUT2D eigenvalue weighted by Crippen LogP contribution is -1.94. The standard InChI is InChI=1S/C2H4F2O.CH4.H2S/c3-2(4)1-5;;/h2,5H,1H2;1H4;1H2. The zero-order valence-corrected chi connectivity index (χ0v) is 3.99. The molecule has 0 aromatic carbocycles. The van der Waals surface area contributed by atoms with Crippen molar-refractivity contribution in [3.05, 3.63) is 0 Å². The second kappa shape index (κ2) is 9.48. The summed E-state index contributed by atoms with van der Waals surface area (Å²) in [4.78, 5) is 0. The summed E-state index contributed by atoms with van der Waals surface area (Å²) in [7, 11) is 0. The zero-order valence-electron chi connectivity index (χ0n) is 2.99. The van der Waals surface area contributed by atoms with E-state index < -0.39 is 13.0 Å². The average molecular weight is 132 g/mol. The predicted octanol–water partition coefficient (Wildman–Crippen LogP) is 0.993. The van der Waals surface area contributed by atoms with E-state index in [9.17, 15) is 8.78 Å². The molecule has 0 bridgehead atoms. The number of aliphatic hydroxyl groups excluding tert-OH is 1. The monoisotopic (exact) mass is 132 g/mol. The van der Waals surface area contributed by atoms with Crippen LogP contribution >= 0.6 is 13.5 Å². The van der Waals surface area contributed by atoms with Crippen LogP contribution in [0.15, 0.2) is 0 Å². The summed E-state index contributed by atoms with van der Waals surface area (Å²) < 4.78 is 21.0. The van der Waals surface area contributed by atoms with Crippen LogP contribution in [0.5, 0.6) is 0 Å². The molecular formula is C3H10F2OS. The maximum Gasteiger partial charge on any atom is 0.261 e. The molecule has 1 N–H and O–H groups in total. The summed E-state index contributed by atoms with van der Waals surface area (Å²) in [5.74, 6) is 0. The molecule has 0 radical (unpaired) electrons. The molecule has 0 atom stereocenters. The number of rotatable bonds is 1. The van der Waals surface area contributed by atoms with Crippen molar-refractivity contribution < 1.29 is 13.9 Å². The number of halogens is 2. The normalized spacial score (nSPS) is 6.86. The van der Waals surface area contributed by atoms with Gasteiger partial charge < -0.3 is 5.11 Å². The summed E-state index contributed by atoms with van der Waals surface area (Å²) in [6.07, 6.45) is -2.56. The summed E-state index contributed by atoms with van der Waals surface area (Å²) in [5, 5.41) is 7.39. The largest absolute Gasteiger partial charge is 0.390 e. The average Bonchev–Trinajstić information content (AvgIpc) is 1.38. The van der Waals surface area contributed by atoms with E-state index in [2.05, 4.69) is 0 Å². The Labute approximate surface area is 48.8 Å². The van der Waals surface area contributed by atoms with E-state index in [0.717, 1.165) is 0 Å². The first-order valence-corrected chi connectivity index (χ1v) is 1.16. The van der Waals surface area contributed by atoms with E-state index in [4.69, 9.17) is 5.11 Å². The lowest BCUT2D eigenvalue weighted by molar-refractivity contribution is 0.0700. The first-order chi connectivity index (χ1) is 2.27. The van der Waals surface area contributed by atoms with Crippen LogP contribution in [0.25, 0.3) is 0 Å². The first kappa shape index (κ1) is 15.7. The number of aliphatic hydroxyl groups is 1. The van der Waals surface area contributed by atoms with Gasteiger partial charge in [0.15, 0.2) is 0 Å². The van der Waals surface area contributed by atoms with Crippen molar-refractivity contribution >= 4 is 13.5 Å². The molecule has 0 saturated heterocycles. The summed E-state index contributed by atoms with van der Waals surface area (Å²) in [6, 6.07) is 0. The van der Waals surface area contributed by atoms with E-state index >= 15 is 0 Å². The number of hydrogen-bond donors (Lipinski definition) is 1. The van der Waals surface area contributed by atoms with Gasteiger partial charge in [0.1, 0.15) is 6.61 Å². The van der Waals surface area contributed by atoms with Crippen LogP contribution in [-0.4, -0.2) is 18.1 Å². The van der Waals surface area contributed by atoms with Crippen molar-refractivity contribution in [3.63, 3.8) is 0 Å². The van der Waals surface area contributed by atoms with E-state index in [1.165, 1.54) is 0 Å². The van der Waals surface area contributed by atoms with Gasteiger partial charge in [0.25, 0.3) is 6.43 Å². The van der Waals surface area contributed by atoms with Gasteiger partial charge in [-0.3, -0.25) is 0 Å². The van der Waals surface area contributed by atoms with Crippen LogP contribution in [0, 0.1) is 0 Å². The molecule has 0 heterocycles. The number of alkyl halides is 2. The molecule has 0 rings (SSSR count). The molecule has 0 unspecified atom stereocenters. The highest BCUT2D eigenvalue weighted by Gasteiger charge is 1.92. The van der Waals surface area contributed by atoms with Crippen LogP contribution in [-0.2, 0) is 0 Å². The van der Waals surface area contributed by atoms with Gasteiger partial charge >= 0.3 is 0 Å². The summed E-state index contributed by atoms with van der Waals surface area (Å²) >= 11 is 0. The van der Waals surface area contributed by atoms with E-state index in [1.54, 1.807) is 0 Å². The minimum Gasteiger partial charge on any atom is -0.390 e. The maximum atomic E-state index is 10.5. The highest BCUT2D eigenvalue weighted by Crippen LogP contribution is 1.84. The second-order valence-electron chi connectivity index (χ2n) is 0.574. The Hall–Kier alpha value is 0.170. The molecule has 0 aromatic rings. The van der Waals surface area contributed by atoms with Crippen LogP contribution < -0.4 is 0 Å². The van der Waals surface area contributed by atoms with Gasteiger partial charge in [0, 0.05) is 0 Å². The third-order valence-corrected chi connectivity index (χ3v) is 0.138. The van der Waals surface area contributed by atoms with Gasteiger partial charge in [0.2, 0.25) is 0 Å². The molecule has 0 aliphatic heterocycles. The summed E-state index contributed by atoms with van der Waals surface area (Å²) in [6.45, 7) is -1.03. The van der Waals surface area contributed by atoms with E-state index in [1.807, 2.05) is 0 Å². The predicted molar refractivity (Wildman–Crippen MR) is 30.2 cm³/mol. The highest BCUT2D eigenvalue weighted by atomic mass is 32.1. The molecule has 0 saturated carbocycles. The van der Waals surface area contributed by atoms with Gasteiger partial charge in [-0.15, -0.1) is 0 Å². The Kier molecular flexibility index (Phi) is 21.3. The lowest BCUT2D eigenvalue weighted by Gasteiger charge is -1.81. The Bertz CT molecular complexity index is 26.9. The van der Waals surface area contributed by atoms with Crippen LogP contribution in [0.3, 0.4) is 0 Å². The van der Waals surface area contributed by atoms with E-state index in [-0.39, 0.29) is 20.9 Å². The van der Waals surface area contributed by atoms with Crippen molar-refractivity contribution in [2.45, 2.75) is 13.9 Å². The molecule has 48 valence electrons. The number of hydrogen-bond acceptors (Lipinski definition) is 1. The van der Waals surface area contributed by atoms with Gasteiger partial charge in [-0.25, -0.2) is 8.78 Å². The first-order valence-electron chi connectivity index (χ1n) is 1.16. The van der Waals surface area contributed by atoms with Crippen molar-refractivity contribution in [3.8, 4) is 0 Å². The van der Waals surface area contributed by atoms with Gasteiger partial charge in [-0.05, 0) is 0 Å². The van der Waals surface area contributed by atoms with Crippen molar-refractivity contribution in [2.75, 3.05) is 6.61 Å². The molecule has 7 heavy (non-hydrogen) atoms. The van der Waals surface area contributed by atoms with Gasteiger partial charge in [-0.1, -0.05) is 7.43 Å². The highest BCUT2D eigenvalue weighted by molar-refractivity contribution is 7.59. The minimum atomic E-state index is -2.56. The van der Waals surface area contributed by atoms with Crippen LogP contribution in [0.2, 0.25) is 0 Å². The molecule has 0 aromatic heterocycles. The molecule has 0 aliphatic rings. The van der Waals surface area contributed by atoms with Gasteiger partial charge in [0.05, 0.1) is 0 Å². The second-order valence-corrected chi connectivity index (χ2v) is 0.574. The fraction of sp³-hybridized carbons (Fsp3) is 1.00.